The van der Waals surface area contributed by atoms with Crippen LogP contribution in [0, 0.1) is 0 Å². The lowest BCUT2D eigenvalue weighted by atomic mass is 10.1. The van der Waals surface area contributed by atoms with Crippen molar-refractivity contribution in [2.24, 2.45) is 5.10 Å². The van der Waals surface area contributed by atoms with E-state index in [1.54, 1.807) is 67.6 Å². The Morgan fingerprint density at radius 2 is 1.61 bits per heavy atom. The number of carbonyl (C=O) groups is 2. The van der Waals surface area contributed by atoms with E-state index >= 15 is 0 Å². The molecule has 2 N–H and O–H groups in total. The number of halogens is 2. The molecule has 158 valence electrons. The van der Waals surface area contributed by atoms with Crippen molar-refractivity contribution in [2.45, 2.75) is 6.92 Å². The van der Waals surface area contributed by atoms with Gasteiger partial charge in [-0.3, -0.25) is 9.59 Å². The second-order valence-electron chi connectivity index (χ2n) is 6.49. The first-order valence-corrected chi connectivity index (χ1v) is 9.99. The molecule has 0 fully saturated rings. The van der Waals surface area contributed by atoms with Crippen LogP contribution in [0.15, 0.2) is 71.8 Å². The van der Waals surface area contributed by atoms with Crippen LogP contribution in [-0.4, -0.2) is 24.6 Å². The van der Waals surface area contributed by atoms with Gasteiger partial charge >= 0.3 is 0 Å². The Morgan fingerprint density at radius 3 is 2.29 bits per heavy atom. The zero-order valence-electron chi connectivity index (χ0n) is 16.8. The van der Waals surface area contributed by atoms with Crippen molar-refractivity contribution in [3.05, 3.63) is 93.5 Å². The first kappa shape index (κ1) is 22.3. The summed E-state index contributed by atoms with van der Waals surface area (Å²) in [5.41, 5.74) is 5.21. The van der Waals surface area contributed by atoms with Crippen LogP contribution in [0.3, 0.4) is 0 Å². The van der Waals surface area contributed by atoms with Gasteiger partial charge in [-0.1, -0.05) is 47.5 Å². The smallest absolute Gasteiger partial charge is 0.275 e. The normalized spacial score (nSPS) is 11.0. The van der Waals surface area contributed by atoms with Crippen molar-refractivity contribution < 1.29 is 14.3 Å². The molecule has 0 spiro atoms. The molecular formula is C23H19Cl2N3O3. The van der Waals surface area contributed by atoms with Gasteiger partial charge in [0.25, 0.3) is 11.8 Å². The van der Waals surface area contributed by atoms with E-state index < -0.39 is 0 Å². The number of ether oxygens (including phenoxy) is 1. The van der Waals surface area contributed by atoms with Gasteiger partial charge in [-0.25, -0.2) is 5.43 Å². The largest absolute Gasteiger partial charge is 0.496 e. The number of anilines is 1. The standard InChI is InChI=1S/C23H19Cl2N3O3/c1-14(27-28-23(30)19-5-3-4-6-21(19)31-2)15-7-10-17(11-8-15)26-22(29)18-12-9-16(24)13-20(18)25/h3-13H,1-2H3,(H,26,29)(H,28,30). The molecule has 0 aliphatic carbocycles. The number of benzene rings is 3. The molecule has 8 heteroatoms. The molecule has 0 aromatic heterocycles. The molecule has 0 saturated heterocycles. The molecule has 3 rings (SSSR count). The van der Waals surface area contributed by atoms with E-state index in [2.05, 4.69) is 15.8 Å². The summed E-state index contributed by atoms with van der Waals surface area (Å²) in [6, 6.07) is 18.6. The number of hydrogen-bond donors (Lipinski definition) is 2. The summed E-state index contributed by atoms with van der Waals surface area (Å²) in [5.74, 6) is -0.252. The zero-order chi connectivity index (χ0) is 22.4. The van der Waals surface area contributed by atoms with Gasteiger partial charge in [0.15, 0.2) is 0 Å². The van der Waals surface area contributed by atoms with Crippen molar-refractivity contribution >= 4 is 46.4 Å². The second-order valence-corrected chi connectivity index (χ2v) is 7.34. The van der Waals surface area contributed by atoms with Crippen LogP contribution < -0.4 is 15.5 Å². The van der Waals surface area contributed by atoms with Gasteiger partial charge in [0, 0.05) is 10.7 Å². The maximum atomic E-state index is 12.4. The highest BCUT2D eigenvalue weighted by Gasteiger charge is 2.12. The average Bonchev–Trinajstić information content (AvgIpc) is 2.77. The first-order chi connectivity index (χ1) is 14.9. The highest BCUT2D eigenvalue weighted by molar-refractivity contribution is 6.37. The molecular weight excluding hydrogens is 437 g/mol. The molecule has 0 radical (unpaired) electrons. The lowest BCUT2D eigenvalue weighted by Gasteiger charge is -2.09. The fourth-order valence-corrected chi connectivity index (χ4v) is 3.25. The number of para-hydroxylation sites is 1. The van der Waals surface area contributed by atoms with E-state index in [4.69, 9.17) is 27.9 Å². The lowest BCUT2D eigenvalue weighted by Crippen LogP contribution is -2.20. The van der Waals surface area contributed by atoms with Crippen molar-refractivity contribution in [3.8, 4) is 5.75 Å². The highest BCUT2D eigenvalue weighted by atomic mass is 35.5. The molecule has 0 aliphatic rings. The van der Waals surface area contributed by atoms with Gasteiger partial charge in [0.1, 0.15) is 5.75 Å². The van der Waals surface area contributed by atoms with Gasteiger partial charge in [-0.2, -0.15) is 5.10 Å². The maximum absolute atomic E-state index is 12.4. The number of rotatable bonds is 6. The minimum Gasteiger partial charge on any atom is -0.496 e. The van der Waals surface area contributed by atoms with Crippen LogP contribution in [0.5, 0.6) is 5.75 Å². The third-order valence-electron chi connectivity index (χ3n) is 4.41. The van der Waals surface area contributed by atoms with Crippen LogP contribution >= 0.6 is 23.2 Å². The summed E-state index contributed by atoms with van der Waals surface area (Å²) in [6.07, 6.45) is 0. The van der Waals surface area contributed by atoms with Crippen LogP contribution in [-0.2, 0) is 0 Å². The molecule has 0 aliphatic heterocycles. The van der Waals surface area contributed by atoms with E-state index in [0.29, 0.717) is 33.3 Å². The van der Waals surface area contributed by atoms with Gasteiger partial charge < -0.3 is 10.1 Å². The Morgan fingerprint density at radius 1 is 0.903 bits per heavy atom. The molecule has 3 aromatic rings. The summed E-state index contributed by atoms with van der Waals surface area (Å²) >= 11 is 11.9. The molecule has 2 amide bonds. The molecule has 6 nitrogen and oxygen atoms in total. The highest BCUT2D eigenvalue weighted by Crippen LogP contribution is 2.22. The zero-order valence-corrected chi connectivity index (χ0v) is 18.3. The molecule has 0 saturated carbocycles. The quantitative estimate of drug-likeness (QED) is 0.385. The average molecular weight is 456 g/mol. The van der Waals surface area contributed by atoms with Gasteiger partial charge in [0.2, 0.25) is 0 Å². The lowest BCUT2D eigenvalue weighted by molar-refractivity contribution is 0.0951. The molecule has 0 heterocycles. The summed E-state index contributed by atoms with van der Waals surface area (Å²) in [5, 5.41) is 7.66. The fourth-order valence-electron chi connectivity index (χ4n) is 2.76. The molecule has 0 bridgehead atoms. The predicted octanol–water partition coefficient (Wildman–Crippen LogP) is 5.41. The van der Waals surface area contributed by atoms with E-state index in [1.165, 1.54) is 13.2 Å². The third-order valence-corrected chi connectivity index (χ3v) is 4.96. The van der Waals surface area contributed by atoms with Gasteiger partial charge in [-0.05, 0) is 55.0 Å². The number of carbonyl (C=O) groups excluding carboxylic acids is 2. The SMILES string of the molecule is COc1ccccc1C(=O)NN=C(C)c1ccc(NC(=O)c2ccc(Cl)cc2Cl)cc1. The van der Waals surface area contributed by atoms with Crippen molar-refractivity contribution in [3.63, 3.8) is 0 Å². The molecule has 0 unspecified atom stereocenters. The minimum atomic E-state index is -0.375. The fraction of sp³-hybridized carbons (Fsp3) is 0.0870. The van der Waals surface area contributed by atoms with Crippen molar-refractivity contribution in [2.75, 3.05) is 12.4 Å². The van der Waals surface area contributed by atoms with Gasteiger partial charge in [-0.15, -0.1) is 0 Å². The Labute approximate surface area is 189 Å². The van der Waals surface area contributed by atoms with Crippen LogP contribution in [0.4, 0.5) is 5.69 Å². The number of hydrogen-bond acceptors (Lipinski definition) is 4. The number of amides is 2. The first-order valence-electron chi connectivity index (χ1n) is 9.23. The Bertz CT molecular complexity index is 1150. The van der Waals surface area contributed by atoms with Crippen LogP contribution in [0.2, 0.25) is 10.0 Å². The second kappa shape index (κ2) is 10.1. The minimum absolute atomic E-state index is 0.274. The van der Waals surface area contributed by atoms with Crippen LogP contribution in [0.25, 0.3) is 0 Å². The summed E-state index contributed by atoms with van der Waals surface area (Å²) in [7, 11) is 1.50. The summed E-state index contributed by atoms with van der Waals surface area (Å²) in [6.45, 7) is 1.77. The maximum Gasteiger partial charge on any atom is 0.275 e. The van der Waals surface area contributed by atoms with E-state index in [-0.39, 0.29) is 16.8 Å². The van der Waals surface area contributed by atoms with E-state index in [1.807, 2.05) is 0 Å². The molecule has 3 aromatic carbocycles. The van der Waals surface area contributed by atoms with Crippen molar-refractivity contribution in [1.82, 2.24) is 5.43 Å². The van der Waals surface area contributed by atoms with E-state index in [9.17, 15) is 9.59 Å². The Kier molecular flexibility index (Phi) is 7.28. The number of nitrogens with one attached hydrogen (secondary N) is 2. The number of nitrogens with zero attached hydrogens (tertiary/aromatic N) is 1. The Hall–Kier alpha value is -3.35. The topological polar surface area (TPSA) is 79.8 Å². The van der Waals surface area contributed by atoms with Crippen LogP contribution in [0.1, 0.15) is 33.2 Å². The number of methoxy groups -OCH3 is 1. The summed E-state index contributed by atoms with van der Waals surface area (Å²) < 4.78 is 5.19. The van der Waals surface area contributed by atoms with E-state index in [0.717, 1.165) is 5.56 Å². The van der Waals surface area contributed by atoms with Crippen molar-refractivity contribution in [1.29, 1.82) is 0 Å². The predicted molar refractivity (Wildman–Crippen MR) is 124 cm³/mol. The molecule has 0 atom stereocenters. The monoisotopic (exact) mass is 455 g/mol. The molecule has 31 heavy (non-hydrogen) atoms. The van der Waals surface area contributed by atoms with Gasteiger partial charge in [0.05, 0.1) is 29.0 Å². The third kappa shape index (κ3) is 5.63. The summed E-state index contributed by atoms with van der Waals surface area (Å²) in [4.78, 5) is 24.8. The Balaban J connectivity index is 1.66. The number of hydrazone groups is 1.